The zero-order valence-electron chi connectivity index (χ0n) is 5.36. The molecule has 0 amide bonds. The lowest BCUT2D eigenvalue weighted by Gasteiger charge is -2.05. The summed E-state index contributed by atoms with van der Waals surface area (Å²) in [4.78, 5) is 10.7. The van der Waals surface area contributed by atoms with E-state index in [-0.39, 0.29) is 12.0 Å². The lowest BCUT2D eigenvalue weighted by atomic mass is 10.0. The summed E-state index contributed by atoms with van der Waals surface area (Å²) in [6.07, 6.45) is 3.49. The average molecular weight is 140 g/mol. The van der Waals surface area contributed by atoms with Crippen LogP contribution >= 0.6 is 0 Å². The number of rotatable bonds is 0. The summed E-state index contributed by atoms with van der Waals surface area (Å²) in [5, 5.41) is 9.15. The predicted octanol–water partition coefficient (Wildman–Crippen LogP) is -0.151. The van der Waals surface area contributed by atoms with Gasteiger partial charge in [-0.15, -0.1) is 0 Å². The number of allylic oxidation sites excluding steroid dienone is 1. The van der Waals surface area contributed by atoms with Gasteiger partial charge in [0.25, 0.3) is 0 Å². The minimum atomic E-state index is -0.889. The van der Waals surface area contributed by atoms with Crippen molar-refractivity contribution in [3.8, 4) is 0 Å². The highest BCUT2D eigenvalue weighted by Gasteiger charge is 2.43. The normalized spacial score (nSPS) is 43.7. The zero-order valence-corrected chi connectivity index (χ0v) is 5.36. The van der Waals surface area contributed by atoms with Crippen molar-refractivity contribution in [2.75, 3.05) is 0 Å². The van der Waals surface area contributed by atoms with E-state index in [1.807, 2.05) is 12.2 Å². The number of carbonyl (C=O) groups is 1. The number of hydrogen-bond donors (Lipinski definition) is 1. The maximum absolute atomic E-state index is 10.7. The van der Waals surface area contributed by atoms with Crippen LogP contribution < -0.4 is 0 Å². The second-order valence-electron chi connectivity index (χ2n) is 2.67. The molecule has 0 radical (unpaired) electrons. The van der Waals surface area contributed by atoms with Crippen LogP contribution in [0.4, 0.5) is 0 Å². The molecule has 0 aromatic rings. The van der Waals surface area contributed by atoms with Crippen molar-refractivity contribution in [1.82, 2.24) is 0 Å². The minimum absolute atomic E-state index is 0.00694. The lowest BCUT2D eigenvalue weighted by molar-refractivity contribution is -0.146. The van der Waals surface area contributed by atoms with Crippen molar-refractivity contribution in [3.63, 3.8) is 0 Å². The van der Waals surface area contributed by atoms with Crippen LogP contribution in [0.15, 0.2) is 12.2 Å². The molecule has 3 nitrogen and oxygen atoms in total. The summed E-state index contributed by atoms with van der Waals surface area (Å²) < 4.78 is 4.82. The van der Waals surface area contributed by atoms with Gasteiger partial charge in [0.05, 0.1) is 0 Å². The molecule has 54 valence electrons. The molecule has 10 heavy (non-hydrogen) atoms. The number of ether oxygens (including phenoxy) is 1. The monoisotopic (exact) mass is 140 g/mol. The number of fused-ring (bicyclic) bond motifs is 1. The molecule has 0 spiro atoms. The summed E-state index contributed by atoms with van der Waals surface area (Å²) in [6.45, 7) is 0. The highest BCUT2D eigenvalue weighted by Crippen LogP contribution is 2.31. The molecule has 0 aromatic heterocycles. The Morgan fingerprint density at radius 2 is 2.50 bits per heavy atom. The molecule has 2 rings (SSSR count). The van der Waals surface area contributed by atoms with E-state index in [9.17, 15) is 4.79 Å². The Balaban J connectivity index is 2.22. The van der Waals surface area contributed by atoms with Crippen molar-refractivity contribution in [1.29, 1.82) is 0 Å². The summed E-state index contributed by atoms with van der Waals surface area (Å²) >= 11 is 0. The molecule has 3 atom stereocenters. The third kappa shape index (κ3) is 0.609. The van der Waals surface area contributed by atoms with Gasteiger partial charge < -0.3 is 9.84 Å². The molecule has 1 N–H and O–H groups in total. The van der Waals surface area contributed by atoms with Crippen LogP contribution in [0, 0.1) is 5.92 Å². The second kappa shape index (κ2) is 1.83. The van der Waals surface area contributed by atoms with Crippen LogP contribution in [-0.4, -0.2) is 23.3 Å². The van der Waals surface area contributed by atoms with Crippen LogP contribution in [0.1, 0.15) is 6.42 Å². The first-order valence-corrected chi connectivity index (χ1v) is 3.34. The van der Waals surface area contributed by atoms with Crippen LogP contribution in [0.3, 0.4) is 0 Å². The highest BCUT2D eigenvalue weighted by molar-refractivity contribution is 5.77. The van der Waals surface area contributed by atoms with Gasteiger partial charge in [-0.05, 0) is 12.5 Å². The summed E-state index contributed by atoms with van der Waals surface area (Å²) in [5.41, 5.74) is 0. The number of aliphatic hydroxyl groups excluding tert-OH is 1. The Kier molecular flexibility index (Phi) is 1.08. The summed E-state index contributed by atoms with van der Waals surface area (Å²) in [6, 6.07) is 0. The molecule has 0 bridgehead atoms. The van der Waals surface area contributed by atoms with E-state index in [2.05, 4.69) is 0 Å². The van der Waals surface area contributed by atoms with Gasteiger partial charge in [0.1, 0.15) is 6.10 Å². The smallest absolute Gasteiger partial charge is 0.336 e. The van der Waals surface area contributed by atoms with E-state index >= 15 is 0 Å². The van der Waals surface area contributed by atoms with Crippen molar-refractivity contribution in [3.05, 3.63) is 12.2 Å². The topological polar surface area (TPSA) is 46.5 Å². The summed E-state index contributed by atoms with van der Waals surface area (Å²) in [5.74, 6) is -0.480. The highest BCUT2D eigenvalue weighted by atomic mass is 16.6. The van der Waals surface area contributed by atoms with E-state index in [0.717, 1.165) is 6.42 Å². The molecule has 1 saturated heterocycles. The zero-order chi connectivity index (χ0) is 7.14. The van der Waals surface area contributed by atoms with Crippen molar-refractivity contribution in [2.45, 2.75) is 18.6 Å². The molecule has 2 aliphatic rings. The molecule has 2 unspecified atom stereocenters. The minimum Gasteiger partial charge on any atom is -0.456 e. The number of carbonyl (C=O) groups excluding carboxylic acids is 1. The second-order valence-corrected chi connectivity index (χ2v) is 2.67. The van der Waals surface area contributed by atoms with Gasteiger partial charge in [-0.25, -0.2) is 4.79 Å². The van der Waals surface area contributed by atoms with Crippen LogP contribution in [-0.2, 0) is 9.53 Å². The Bertz CT molecular complexity index is 197. The van der Waals surface area contributed by atoms with Gasteiger partial charge in [0.15, 0.2) is 6.10 Å². The van der Waals surface area contributed by atoms with Gasteiger partial charge >= 0.3 is 5.97 Å². The molecular formula is C7H8O3. The first kappa shape index (κ1) is 5.92. The first-order chi connectivity index (χ1) is 4.79. The maximum Gasteiger partial charge on any atom is 0.336 e. The fourth-order valence-electron chi connectivity index (χ4n) is 1.46. The van der Waals surface area contributed by atoms with E-state index in [4.69, 9.17) is 9.84 Å². The fraction of sp³-hybridized carbons (Fsp3) is 0.571. The quantitative estimate of drug-likeness (QED) is 0.376. The van der Waals surface area contributed by atoms with Crippen LogP contribution in [0.2, 0.25) is 0 Å². The van der Waals surface area contributed by atoms with Gasteiger partial charge in [0.2, 0.25) is 0 Å². The predicted molar refractivity (Wildman–Crippen MR) is 33.1 cm³/mol. The van der Waals surface area contributed by atoms with E-state index < -0.39 is 12.1 Å². The molecular weight excluding hydrogens is 132 g/mol. The fourth-order valence-corrected chi connectivity index (χ4v) is 1.46. The van der Waals surface area contributed by atoms with Crippen molar-refractivity contribution < 1.29 is 14.6 Å². The molecule has 0 saturated carbocycles. The van der Waals surface area contributed by atoms with Gasteiger partial charge in [-0.2, -0.15) is 0 Å². The molecule has 1 aliphatic heterocycles. The average Bonchev–Trinajstić information content (AvgIpc) is 2.41. The molecule has 1 fully saturated rings. The molecule has 0 aromatic carbocycles. The Labute approximate surface area is 58.3 Å². The SMILES string of the molecule is O=C1OC2C=CCC2[C@H]1O. The third-order valence-corrected chi connectivity index (χ3v) is 2.06. The van der Waals surface area contributed by atoms with Gasteiger partial charge in [0, 0.05) is 5.92 Å². The summed E-state index contributed by atoms with van der Waals surface area (Å²) in [7, 11) is 0. The van der Waals surface area contributed by atoms with E-state index in [0.29, 0.717) is 0 Å². The Hall–Kier alpha value is -0.830. The first-order valence-electron chi connectivity index (χ1n) is 3.34. The largest absolute Gasteiger partial charge is 0.456 e. The maximum atomic E-state index is 10.7. The lowest BCUT2D eigenvalue weighted by Crippen LogP contribution is -2.21. The molecule has 1 heterocycles. The number of hydrogen-bond acceptors (Lipinski definition) is 3. The molecule has 3 heteroatoms. The van der Waals surface area contributed by atoms with E-state index in [1.165, 1.54) is 0 Å². The van der Waals surface area contributed by atoms with Crippen molar-refractivity contribution in [2.24, 2.45) is 5.92 Å². The van der Waals surface area contributed by atoms with Crippen LogP contribution in [0.25, 0.3) is 0 Å². The Morgan fingerprint density at radius 1 is 1.70 bits per heavy atom. The third-order valence-electron chi connectivity index (χ3n) is 2.06. The Morgan fingerprint density at radius 3 is 3.20 bits per heavy atom. The van der Waals surface area contributed by atoms with E-state index in [1.54, 1.807) is 0 Å². The van der Waals surface area contributed by atoms with Crippen LogP contribution in [0.5, 0.6) is 0 Å². The van der Waals surface area contributed by atoms with Gasteiger partial charge in [-0.3, -0.25) is 0 Å². The standard InChI is InChI=1S/C7H8O3/c8-6-4-2-1-3-5(4)10-7(6)9/h1,3-6,8H,2H2/t4?,5?,6-/m1/s1. The van der Waals surface area contributed by atoms with Gasteiger partial charge in [-0.1, -0.05) is 6.08 Å². The van der Waals surface area contributed by atoms with Crippen molar-refractivity contribution >= 4 is 5.97 Å². The molecule has 1 aliphatic carbocycles. The number of esters is 1. The number of aliphatic hydroxyl groups is 1.